The third-order valence-electron chi connectivity index (χ3n) is 2.55. The molecule has 1 aromatic carbocycles. The van der Waals surface area contributed by atoms with E-state index in [1.54, 1.807) is 0 Å². The monoisotopic (exact) mass is 246 g/mol. The Hall–Kier alpha value is -2.30. The van der Waals surface area contributed by atoms with Crippen molar-refractivity contribution >= 4 is 0 Å². The molecule has 0 spiro atoms. The van der Waals surface area contributed by atoms with Gasteiger partial charge in [0.25, 0.3) is 5.56 Å². The molecule has 94 valence electrons. The van der Waals surface area contributed by atoms with Crippen molar-refractivity contribution in [1.82, 2.24) is 9.97 Å². The summed E-state index contributed by atoms with van der Waals surface area (Å²) in [4.78, 5) is 27.2. The van der Waals surface area contributed by atoms with Crippen molar-refractivity contribution in [3.63, 3.8) is 0 Å². The number of ether oxygens (including phenoxy) is 1. The van der Waals surface area contributed by atoms with Crippen molar-refractivity contribution in [3.05, 3.63) is 50.7 Å². The van der Waals surface area contributed by atoms with E-state index in [0.29, 0.717) is 12.3 Å². The van der Waals surface area contributed by atoms with E-state index < -0.39 is 11.2 Å². The van der Waals surface area contributed by atoms with E-state index in [0.717, 1.165) is 16.9 Å². The molecule has 0 bridgehead atoms. The van der Waals surface area contributed by atoms with E-state index in [2.05, 4.69) is 9.97 Å². The second kappa shape index (κ2) is 4.91. The number of aromatic nitrogens is 2. The summed E-state index contributed by atoms with van der Waals surface area (Å²) < 4.78 is 5.44. The number of nitrogens with one attached hydrogen (secondary N) is 2. The van der Waals surface area contributed by atoms with Crippen LogP contribution in [0.15, 0.2) is 33.9 Å². The standard InChI is InChI=1S/C13H14N2O3/c1-3-18-11-5-4-9(6-8(11)2)10-7-12(16)15-13(17)14-10/h4-7H,3H2,1-2H3,(H2,14,15,16,17). The summed E-state index contributed by atoms with van der Waals surface area (Å²) in [6, 6.07) is 6.86. The Morgan fingerprint density at radius 2 is 1.94 bits per heavy atom. The summed E-state index contributed by atoms with van der Waals surface area (Å²) >= 11 is 0. The highest BCUT2D eigenvalue weighted by Crippen LogP contribution is 2.23. The molecule has 0 unspecified atom stereocenters. The summed E-state index contributed by atoms with van der Waals surface area (Å²) in [6.07, 6.45) is 0. The molecule has 0 aliphatic rings. The molecule has 5 nitrogen and oxygen atoms in total. The van der Waals surface area contributed by atoms with Crippen LogP contribution in [0.1, 0.15) is 12.5 Å². The fourth-order valence-corrected chi connectivity index (χ4v) is 1.76. The first-order chi connectivity index (χ1) is 8.60. The first kappa shape index (κ1) is 12.2. The Balaban J connectivity index is 2.48. The van der Waals surface area contributed by atoms with Crippen molar-refractivity contribution in [1.29, 1.82) is 0 Å². The molecule has 1 heterocycles. The normalized spacial score (nSPS) is 10.3. The molecule has 1 aromatic heterocycles. The van der Waals surface area contributed by atoms with Crippen LogP contribution in [0.4, 0.5) is 0 Å². The number of H-pyrrole nitrogens is 2. The number of hydrogen-bond donors (Lipinski definition) is 2. The molecule has 0 radical (unpaired) electrons. The van der Waals surface area contributed by atoms with Crippen LogP contribution in [-0.2, 0) is 0 Å². The van der Waals surface area contributed by atoms with Crippen LogP contribution in [0.25, 0.3) is 11.3 Å². The Labute approximate surface area is 103 Å². The van der Waals surface area contributed by atoms with E-state index in [-0.39, 0.29) is 0 Å². The lowest BCUT2D eigenvalue weighted by Crippen LogP contribution is -2.21. The van der Waals surface area contributed by atoms with Crippen molar-refractivity contribution in [3.8, 4) is 17.0 Å². The molecule has 18 heavy (non-hydrogen) atoms. The predicted molar refractivity (Wildman–Crippen MR) is 69.0 cm³/mol. The van der Waals surface area contributed by atoms with Crippen LogP contribution in [0.2, 0.25) is 0 Å². The Bertz CT molecular complexity index is 642. The van der Waals surface area contributed by atoms with Crippen molar-refractivity contribution in [2.75, 3.05) is 6.61 Å². The van der Waals surface area contributed by atoms with Gasteiger partial charge in [0.05, 0.1) is 12.3 Å². The van der Waals surface area contributed by atoms with Crippen LogP contribution in [0.5, 0.6) is 5.75 Å². The Morgan fingerprint density at radius 1 is 1.17 bits per heavy atom. The zero-order chi connectivity index (χ0) is 13.1. The molecule has 0 saturated carbocycles. The first-order valence-corrected chi connectivity index (χ1v) is 5.67. The highest BCUT2D eigenvalue weighted by molar-refractivity contribution is 5.61. The van der Waals surface area contributed by atoms with Crippen molar-refractivity contribution in [2.24, 2.45) is 0 Å². The van der Waals surface area contributed by atoms with Crippen LogP contribution in [0, 0.1) is 6.92 Å². The topological polar surface area (TPSA) is 75.0 Å². The average Bonchev–Trinajstić information content (AvgIpc) is 2.30. The lowest BCUT2D eigenvalue weighted by atomic mass is 10.1. The molecule has 5 heteroatoms. The summed E-state index contributed by atoms with van der Waals surface area (Å²) in [6.45, 7) is 4.43. The second-order valence-corrected chi connectivity index (χ2v) is 3.91. The molecule has 0 fully saturated rings. The molecule has 0 saturated heterocycles. The average molecular weight is 246 g/mol. The molecule has 2 rings (SSSR count). The number of hydrogen-bond acceptors (Lipinski definition) is 3. The number of rotatable bonds is 3. The van der Waals surface area contributed by atoms with Gasteiger partial charge >= 0.3 is 5.69 Å². The van der Waals surface area contributed by atoms with Gasteiger partial charge in [-0.2, -0.15) is 0 Å². The van der Waals surface area contributed by atoms with Gasteiger partial charge in [0.1, 0.15) is 5.75 Å². The maximum absolute atomic E-state index is 11.2. The number of aryl methyl sites for hydroxylation is 1. The van der Waals surface area contributed by atoms with Crippen molar-refractivity contribution in [2.45, 2.75) is 13.8 Å². The van der Waals surface area contributed by atoms with Crippen LogP contribution < -0.4 is 16.0 Å². The van der Waals surface area contributed by atoms with E-state index in [1.807, 2.05) is 32.0 Å². The van der Waals surface area contributed by atoms with Gasteiger partial charge < -0.3 is 9.72 Å². The highest BCUT2D eigenvalue weighted by atomic mass is 16.5. The summed E-state index contributed by atoms with van der Waals surface area (Å²) in [5.74, 6) is 0.799. The lowest BCUT2D eigenvalue weighted by molar-refractivity contribution is 0.338. The largest absolute Gasteiger partial charge is 0.494 e. The third-order valence-corrected chi connectivity index (χ3v) is 2.55. The molecular weight excluding hydrogens is 232 g/mol. The second-order valence-electron chi connectivity index (χ2n) is 3.91. The lowest BCUT2D eigenvalue weighted by Gasteiger charge is -2.08. The van der Waals surface area contributed by atoms with Gasteiger partial charge in [-0.1, -0.05) is 0 Å². The van der Waals surface area contributed by atoms with Gasteiger partial charge in [-0.25, -0.2) is 4.79 Å². The smallest absolute Gasteiger partial charge is 0.326 e. The molecule has 0 aliphatic heterocycles. The SMILES string of the molecule is CCOc1ccc(-c2cc(=O)[nH]c(=O)[nH]2)cc1C. The van der Waals surface area contributed by atoms with E-state index in [4.69, 9.17) is 4.74 Å². The maximum Gasteiger partial charge on any atom is 0.326 e. The molecule has 0 aliphatic carbocycles. The Kier molecular flexibility index (Phi) is 3.32. The Morgan fingerprint density at radius 3 is 2.56 bits per heavy atom. The van der Waals surface area contributed by atoms with Gasteiger partial charge in [0.2, 0.25) is 0 Å². The van der Waals surface area contributed by atoms with Gasteiger partial charge in [0.15, 0.2) is 0 Å². The fourth-order valence-electron chi connectivity index (χ4n) is 1.76. The van der Waals surface area contributed by atoms with Gasteiger partial charge in [0, 0.05) is 6.07 Å². The predicted octanol–water partition coefficient (Wildman–Crippen LogP) is 1.44. The number of benzene rings is 1. The maximum atomic E-state index is 11.2. The van der Waals surface area contributed by atoms with Crippen LogP contribution >= 0.6 is 0 Å². The summed E-state index contributed by atoms with van der Waals surface area (Å²) in [7, 11) is 0. The molecule has 2 N–H and O–H groups in total. The van der Waals surface area contributed by atoms with E-state index >= 15 is 0 Å². The van der Waals surface area contributed by atoms with Gasteiger partial charge in [-0.3, -0.25) is 9.78 Å². The van der Waals surface area contributed by atoms with Gasteiger partial charge in [-0.05, 0) is 43.2 Å². The zero-order valence-corrected chi connectivity index (χ0v) is 10.2. The third kappa shape index (κ3) is 2.51. The quantitative estimate of drug-likeness (QED) is 0.860. The zero-order valence-electron chi connectivity index (χ0n) is 10.2. The highest BCUT2D eigenvalue weighted by Gasteiger charge is 2.04. The molecule has 0 atom stereocenters. The number of aromatic amines is 2. The fraction of sp³-hybridized carbons (Fsp3) is 0.231. The molecule has 2 aromatic rings. The van der Waals surface area contributed by atoms with Crippen LogP contribution in [-0.4, -0.2) is 16.6 Å². The minimum Gasteiger partial charge on any atom is -0.494 e. The minimum absolute atomic E-state index is 0.416. The van der Waals surface area contributed by atoms with Crippen molar-refractivity contribution < 1.29 is 4.74 Å². The summed E-state index contributed by atoms with van der Waals surface area (Å²) in [5, 5.41) is 0. The molecular formula is C13H14N2O3. The van der Waals surface area contributed by atoms with E-state index in [1.165, 1.54) is 6.07 Å². The minimum atomic E-state index is -0.510. The molecule has 0 amide bonds. The van der Waals surface area contributed by atoms with Crippen LogP contribution in [0.3, 0.4) is 0 Å². The van der Waals surface area contributed by atoms with Gasteiger partial charge in [-0.15, -0.1) is 0 Å². The first-order valence-electron chi connectivity index (χ1n) is 5.67. The van der Waals surface area contributed by atoms with E-state index in [9.17, 15) is 9.59 Å². The summed E-state index contributed by atoms with van der Waals surface area (Å²) in [5.41, 5.74) is 1.30.